The minimum absolute atomic E-state index is 0.0196. The topological polar surface area (TPSA) is 87.6 Å². The summed E-state index contributed by atoms with van der Waals surface area (Å²) in [5.41, 5.74) is 1.78. The SMILES string of the molecule is Cc1c(N(Cc2ccc(CC3CC3)c(F)c2)S(=O)(=O)c2ccc(C(=O)O)cc2)ncc2ccccc12. The highest BCUT2D eigenvalue weighted by Gasteiger charge is 2.29. The Labute approximate surface area is 209 Å². The molecule has 0 unspecified atom stereocenters. The molecule has 36 heavy (non-hydrogen) atoms. The van der Waals surface area contributed by atoms with E-state index >= 15 is 0 Å². The van der Waals surface area contributed by atoms with Crippen molar-refractivity contribution in [1.29, 1.82) is 0 Å². The third kappa shape index (κ3) is 4.68. The second kappa shape index (κ2) is 9.35. The van der Waals surface area contributed by atoms with Gasteiger partial charge >= 0.3 is 5.97 Å². The first-order valence-electron chi connectivity index (χ1n) is 11.7. The van der Waals surface area contributed by atoms with Crippen LogP contribution in [0.2, 0.25) is 0 Å². The third-order valence-corrected chi connectivity index (χ3v) is 8.35. The van der Waals surface area contributed by atoms with E-state index in [-0.39, 0.29) is 28.6 Å². The van der Waals surface area contributed by atoms with Crippen LogP contribution < -0.4 is 4.31 Å². The highest BCUT2D eigenvalue weighted by atomic mass is 32.2. The van der Waals surface area contributed by atoms with Gasteiger partial charge in [-0.05, 0) is 78.9 Å². The van der Waals surface area contributed by atoms with E-state index in [1.807, 2.05) is 24.3 Å². The molecule has 1 heterocycles. The van der Waals surface area contributed by atoms with E-state index in [4.69, 9.17) is 0 Å². The number of carboxylic acids is 1. The number of halogens is 1. The van der Waals surface area contributed by atoms with Gasteiger partial charge < -0.3 is 5.11 Å². The summed E-state index contributed by atoms with van der Waals surface area (Å²) in [6.45, 7) is 1.68. The monoisotopic (exact) mass is 504 g/mol. The third-order valence-electron chi connectivity index (χ3n) is 6.60. The lowest BCUT2D eigenvalue weighted by Crippen LogP contribution is -2.32. The number of aryl methyl sites for hydroxylation is 1. The van der Waals surface area contributed by atoms with Crippen LogP contribution in [0.3, 0.4) is 0 Å². The molecule has 1 aliphatic carbocycles. The van der Waals surface area contributed by atoms with E-state index < -0.39 is 16.0 Å². The van der Waals surface area contributed by atoms with Crippen molar-refractivity contribution in [1.82, 2.24) is 4.98 Å². The van der Waals surface area contributed by atoms with Crippen LogP contribution in [0.25, 0.3) is 10.8 Å². The fraction of sp³-hybridized carbons (Fsp3) is 0.214. The number of hydrogen-bond donors (Lipinski definition) is 1. The van der Waals surface area contributed by atoms with Crippen molar-refractivity contribution < 1.29 is 22.7 Å². The average molecular weight is 505 g/mol. The molecule has 0 spiro atoms. The van der Waals surface area contributed by atoms with E-state index in [0.29, 0.717) is 29.0 Å². The van der Waals surface area contributed by atoms with E-state index in [2.05, 4.69) is 4.98 Å². The molecule has 8 heteroatoms. The maximum Gasteiger partial charge on any atom is 0.335 e. The van der Waals surface area contributed by atoms with E-state index in [1.54, 1.807) is 25.3 Å². The first-order valence-corrected chi connectivity index (χ1v) is 13.2. The summed E-state index contributed by atoms with van der Waals surface area (Å²) in [6, 6.07) is 17.5. The number of carbonyl (C=O) groups is 1. The van der Waals surface area contributed by atoms with Crippen LogP contribution in [0.4, 0.5) is 10.2 Å². The van der Waals surface area contributed by atoms with Crippen molar-refractivity contribution in [3.05, 3.63) is 101 Å². The number of hydrogen-bond acceptors (Lipinski definition) is 4. The number of anilines is 1. The van der Waals surface area contributed by atoms with Crippen LogP contribution in [0.1, 0.15) is 39.9 Å². The largest absolute Gasteiger partial charge is 0.478 e. The Morgan fingerprint density at radius 1 is 1.08 bits per heavy atom. The molecule has 1 aliphatic rings. The fourth-order valence-electron chi connectivity index (χ4n) is 4.37. The summed E-state index contributed by atoms with van der Waals surface area (Å²) in [7, 11) is -4.16. The molecule has 0 radical (unpaired) electrons. The standard InChI is InChI=1S/C28H25FN2O4S/c1-18-25-5-3-2-4-23(25)16-30-27(18)31(36(34,35)24-12-10-21(11-13-24)28(32)33)17-20-8-9-22(26(29)15-20)14-19-6-7-19/h2-5,8-13,15-16,19H,6-7,14,17H2,1H3,(H,32,33). The van der Waals surface area contributed by atoms with E-state index in [9.17, 15) is 22.7 Å². The van der Waals surface area contributed by atoms with Crippen molar-refractivity contribution in [2.75, 3.05) is 4.31 Å². The Hall–Kier alpha value is -3.78. The first kappa shape index (κ1) is 23.9. The van der Waals surface area contributed by atoms with Crippen LogP contribution in [0.5, 0.6) is 0 Å². The zero-order chi connectivity index (χ0) is 25.4. The fourth-order valence-corrected chi connectivity index (χ4v) is 5.84. The molecule has 4 aromatic rings. The summed E-state index contributed by atoms with van der Waals surface area (Å²) >= 11 is 0. The lowest BCUT2D eigenvalue weighted by molar-refractivity contribution is 0.0696. The van der Waals surface area contributed by atoms with E-state index in [1.165, 1.54) is 34.6 Å². The molecule has 3 aromatic carbocycles. The number of rotatable bonds is 8. The number of aromatic carboxylic acids is 1. The number of fused-ring (bicyclic) bond motifs is 1. The second-order valence-electron chi connectivity index (χ2n) is 9.21. The molecule has 0 atom stereocenters. The molecule has 1 aromatic heterocycles. The van der Waals surface area contributed by atoms with Crippen LogP contribution in [0.15, 0.2) is 77.8 Å². The van der Waals surface area contributed by atoms with Gasteiger partial charge in [-0.1, -0.05) is 36.4 Å². The Morgan fingerprint density at radius 2 is 1.81 bits per heavy atom. The number of sulfonamides is 1. The summed E-state index contributed by atoms with van der Waals surface area (Å²) in [6.07, 6.45) is 4.53. The summed E-state index contributed by atoms with van der Waals surface area (Å²) < 4.78 is 43.8. The number of benzene rings is 3. The van der Waals surface area contributed by atoms with Crippen molar-refractivity contribution >= 4 is 32.6 Å². The minimum atomic E-state index is -4.16. The normalized spacial score (nSPS) is 13.6. The highest BCUT2D eigenvalue weighted by Crippen LogP contribution is 2.34. The maximum atomic E-state index is 14.9. The zero-order valence-corrected chi connectivity index (χ0v) is 20.5. The summed E-state index contributed by atoms with van der Waals surface area (Å²) in [5, 5.41) is 10.9. The number of aromatic nitrogens is 1. The van der Waals surface area contributed by atoms with Gasteiger partial charge in [-0.15, -0.1) is 0 Å². The summed E-state index contributed by atoms with van der Waals surface area (Å²) in [5.74, 6) is -0.728. The Kier molecular flexibility index (Phi) is 6.22. The second-order valence-corrected chi connectivity index (χ2v) is 11.1. The molecule has 0 aliphatic heterocycles. The van der Waals surface area contributed by atoms with Crippen LogP contribution in [-0.2, 0) is 23.0 Å². The molecule has 0 saturated heterocycles. The van der Waals surface area contributed by atoms with E-state index in [0.717, 1.165) is 23.6 Å². The number of pyridine rings is 1. The molecule has 0 amide bonds. The van der Waals surface area contributed by atoms with Gasteiger partial charge in [0.15, 0.2) is 0 Å². The van der Waals surface area contributed by atoms with Gasteiger partial charge in [-0.2, -0.15) is 0 Å². The van der Waals surface area contributed by atoms with Crippen molar-refractivity contribution in [2.24, 2.45) is 5.92 Å². The number of carboxylic acid groups (broad SMARTS) is 1. The van der Waals surface area contributed by atoms with Crippen LogP contribution >= 0.6 is 0 Å². The smallest absolute Gasteiger partial charge is 0.335 e. The molecule has 1 N–H and O–H groups in total. The summed E-state index contributed by atoms with van der Waals surface area (Å²) in [4.78, 5) is 15.7. The van der Waals surface area contributed by atoms with Gasteiger partial charge in [-0.25, -0.2) is 26.9 Å². The highest BCUT2D eigenvalue weighted by molar-refractivity contribution is 7.92. The molecule has 6 nitrogen and oxygen atoms in total. The Balaban J connectivity index is 1.59. The average Bonchev–Trinajstić information content (AvgIpc) is 3.69. The maximum absolute atomic E-state index is 14.9. The molecular weight excluding hydrogens is 479 g/mol. The van der Waals surface area contributed by atoms with Gasteiger partial charge in [0.2, 0.25) is 0 Å². The molecule has 5 rings (SSSR count). The lowest BCUT2D eigenvalue weighted by Gasteiger charge is -2.26. The molecule has 1 saturated carbocycles. The van der Waals surface area contributed by atoms with Gasteiger partial charge in [-0.3, -0.25) is 0 Å². The predicted octanol–water partition coefficient (Wildman–Crippen LogP) is 5.73. The van der Waals surface area contributed by atoms with Gasteiger partial charge in [0.25, 0.3) is 10.0 Å². The Bertz CT molecular complexity index is 1560. The molecule has 0 bridgehead atoms. The van der Waals surface area contributed by atoms with Gasteiger partial charge in [0.1, 0.15) is 11.6 Å². The Morgan fingerprint density at radius 3 is 2.47 bits per heavy atom. The van der Waals surface area contributed by atoms with Crippen LogP contribution in [-0.4, -0.2) is 24.5 Å². The van der Waals surface area contributed by atoms with Crippen molar-refractivity contribution in [3.63, 3.8) is 0 Å². The minimum Gasteiger partial charge on any atom is -0.478 e. The quantitative estimate of drug-likeness (QED) is 0.331. The lowest BCUT2D eigenvalue weighted by atomic mass is 10.1. The van der Waals surface area contributed by atoms with Crippen LogP contribution in [0, 0.1) is 18.7 Å². The number of nitrogens with zero attached hydrogens (tertiary/aromatic N) is 2. The van der Waals surface area contributed by atoms with Gasteiger partial charge in [0.05, 0.1) is 17.0 Å². The molecule has 1 fully saturated rings. The van der Waals surface area contributed by atoms with Crippen molar-refractivity contribution in [2.45, 2.75) is 37.6 Å². The predicted molar refractivity (Wildman–Crippen MR) is 136 cm³/mol. The van der Waals surface area contributed by atoms with Crippen molar-refractivity contribution in [3.8, 4) is 0 Å². The molecular formula is C28H25FN2O4S. The van der Waals surface area contributed by atoms with Gasteiger partial charge in [0, 0.05) is 17.1 Å². The zero-order valence-electron chi connectivity index (χ0n) is 19.7. The first-order chi connectivity index (χ1) is 17.2. The molecule has 184 valence electrons.